The minimum absolute atomic E-state index is 0.0702. The third kappa shape index (κ3) is 6.67. The summed E-state index contributed by atoms with van der Waals surface area (Å²) in [5.74, 6) is -0.651. The van der Waals surface area contributed by atoms with Gasteiger partial charge in [-0.05, 0) is 49.1 Å². The molecule has 0 spiro atoms. The third-order valence-corrected chi connectivity index (χ3v) is 7.14. The number of rotatable bonds is 6. The van der Waals surface area contributed by atoms with Crippen LogP contribution < -0.4 is 16.4 Å². The fraction of sp³-hybridized carbons (Fsp3) is 0.440. The number of hydrogen-bond acceptors (Lipinski definition) is 7. The maximum absolute atomic E-state index is 12.7. The van der Waals surface area contributed by atoms with Crippen LogP contribution in [0.15, 0.2) is 24.3 Å². The molecule has 4 rings (SSSR count). The second kappa shape index (κ2) is 12.5. The molecule has 3 amide bonds. The topological polar surface area (TPSA) is 138 Å². The molecule has 0 unspecified atom stereocenters. The second-order valence-corrected chi connectivity index (χ2v) is 9.29. The second-order valence-electron chi connectivity index (χ2n) is 8.16. The predicted octanol–water partition coefficient (Wildman–Crippen LogP) is 2.58. The first-order chi connectivity index (χ1) is 16.9. The number of ether oxygens (including phenoxy) is 1. The lowest BCUT2D eigenvalue weighted by Crippen LogP contribution is -2.42. The maximum atomic E-state index is 12.7. The van der Waals surface area contributed by atoms with Gasteiger partial charge in [0, 0.05) is 60.3 Å². The predicted molar refractivity (Wildman–Crippen MR) is 137 cm³/mol. The van der Waals surface area contributed by atoms with Crippen LogP contribution in [0.25, 0.3) is 0 Å². The summed E-state index contributed by atoms with van der Waals surface area (Å²) in [6.45, 7) is 6.18. The van der Waals surface area contributed by atoms with E-state index < -0.39 is 5.91 Å². The third-order valence-electron chi connectivity index (χ3n) is 5.90. The van der Waals surface area contributed by atoms with E-state index >= 15 is 0 Å². The van der Waals surface area contributed by atoms with Gasteiger partial charge in [-0.1, -0.05) is 13.8 Å². The normalized spacial score (nSPS) is 15.3. The molecule has 1 aromatic carbocycles. The molecule has 0 atom stereocenters. The SMILES string of the molecule is CC.N=Cc1cc(C(=O)NCC(=O)N2CCc3sc(C(=O)NC4CCOCC4)cc3C2)ccc1N. The minimum Gasteiger partial charge on any atom is -0.398 e. The molecule has 0 aliphatic carbocycles. The molecule has 10 heteroatoms. The Morgan fingerprint density at radius 3 is 2.66 bits per heavy atom. The first-order valence-corrected chi connectivity index (χ1v) is 12.7. The fourth-order valence-corrected chi connectivity index (χ4v) is 5.03. The molecular formula is C25H33N5O4S. The number of hydrogen-bond donors (Lipinski definition) is 4. The molecule has 2 aliphatic heterocycles. The van der Waals surface area contributed by atoms with E-state index in [-0.39, 0.29) is 24.4 Å². The Labute approximate surface area is 209 Å². The molecule has 5 N–H and O–H groups in total. The van der Waals surface area contributed by atoms with Crippen molar-refractivity contribution in [2.75, 3.05) is 32.0 Å². The summed E-state index contributed by atoms with van der Waals surface area (Å²) in [5.41, 5.74) is 7.94. The molecule has 35 heavy (non-hydrogen) atoms. The number of thiophene rings is 1. The first kappa shape index (κ1) is 26.4. The molecule has 3 heterocycles. The van der Waals surface area contributed by atoms with Crippen molar-refractivity contribution in [2.45, 2.75) is 45.7 Å². The number of benzene rings is 1. The van der Waals surface area contributed by atoms with Crippen LogP contribution in [0, 0.1) is 5.41 Å². The number of fused-ring (bicyclic) bond motifs is 1. The zero-order chi connectivity index (χ0) is 25.4. The minimum atomic E-state index is -0.397. The van der Waals surface area contributed by atoms with Crippen molar-refractivity contribution in [3.63, 3.8) is 0 Å². The lowest BCUT2D eigenvalue weighted by molar-refractivity contribution is -0.131. The molecule has 1 aromatic heterocycles. The number of nitrogens with one attached hydrogen (secondary N) is 3. The highest BCUT2D eigenvalue weighted by Gasteiger charge is 2.26. The van der Waals surface area contributed by atoms with Crippen LogP contribution in [0.2, 0.25) is 0 Å². The monoisotopic (exact) mass is 499 g/mol. The van der Waals surface area contributed by atoms with E-state index in [1.54, 1.807) is 17.0 Å². The zero-order valence-corrected chi connectivity index (χ0v) is 21.0. The molecule has 2 aliphatic rings. The molecule has 2 aromatic rings. The average Bonchev–Trinajstić information content (AvgIpc) is 3.33. The van der Waals surface area contributed by atoms with Crippen molar-refractivity contribution in [2.24, 2.45) is 0 Å². The van der Waals surface area contributed by atoms with Gasteiger partial charge in [-0.25, -0.2) is 0 Å². The van der Waals surface area contributed by atoms with Crippen molar-refractivity contribution < 1.29 is 19.1 Å². The summed E-state index contributed by atoms with van der Waals surface area (Å²) in [6.07, 6.45) is 3.42. The summed E-state index contributed by atoms with van der Waals surface area (Å²) in [7, 11) is 0. The van der Waals surface area contributed by atoms with E-state index in [0.29, 0.717) is 54.4 Å². The molecular weight excluding hydrogens is 466 g/mol. The van der Waals surface area contributed by atoms with E-state index in [1.807, 2.05) is 19.9 Å². The highest BCUT2D eigenvalue weighted by Crippen LogP contribution is 2.28. The Balaban J connectivity index is 0.00000167. The van der Waals surface area contributed by atoms with Crippen LogP contribution in [-0.4, -0.2) is 61.2 Å². The van der Waals surface area contributed by atoms with Gasteiger partial charge >= 0.3 is 0 Å². The Morgan fingerprint density at radius 1 is 1.20 bits per heavy atom. The summed E-state index contributed by atoms with van der Waals surface area (Å²) in [6, 6.07) is 6.67. The number of amides is 3. The van der Waals surface area contributed by atoms with Crippen molar-refractivity contribution >= 4 is 41.0 Å². The molecule has 0 saturated carbocycles. The van der Waals surface area contributed by atoms with Gasteiger partial charge in [0.15, 0.2) is 0 Å². The number of anilines is 1. The quantitative estimate of drug-likeness (QED) is 0.358. The molecule has 1 fully saturated rings. The standard InChI is InChI=1S/C23H27N5O4S.C2H6/c24-11-15-9-14(1-2-18(15)25)22(30)26-12-21(29)28-6-3-19-16(13-28)10-20(33-19)23(31)27-17-4-7-32-8-5-17;1-2/h1-2,9-11,17,24H,3-8,12-13,25H2,(H,26,30)(H,27,31);1-2H3. The van der Waals surface area contributed by atoms with Crippen molar-refractivity contribution in [3.05, 3.63) is 50.7 Å². The van der Waals surface area contributed by atoms with E-state index in [9.17, 15) is 14.4 Å². The van der Waals surface area contributed by atoms with E-state index in [2.05, 4.69) is 10.6 Å². The maximum Gasteiger partial charge on any atom is 0.261 e. The molecule has 9 nitrogen and oxygen atoms in total. The fourth-order valence-electron chi connectivity index (χ4n) is 3.97. The zero-order valence-electron chi connectivity index (χ0n) is 20.2. The van der Waals surface area contributed by atoms with Crippen LogP contribution in [-0.2, 0) is 22.5 Å². The van der Waals surface area contributed by atoms with Gasteiger partial charge in [0.25, 0.3) is 11.8 Å². The van der Waals surface area contributed by atoms with Crippen molar-refractivity contribution in [1.29, 1.82) is 5.41 Å². The van der Waals surface area contributed by atoms with Crippen LogP contribution in [0.3, 0.4) is 0 Å². The number of carbonyl (C=O) groups excluding carboxylic acids is 3. The Kier molecular flexibility index (Phi) is 9.39. The Hall–Kier alpha value is -3.24. The first-order valence-electron chi connectivity index (χ1n) is 11.9. The number of nitrogens with two attached hydrogens (primary N) is 1. The summed E-state index contributed by atoms with van der Waals surface area (Å²) in [5, 5.41) is 13.1. The molecule has 0 radical (unpaired) electrons. The van der Waals surface area contributed by atoms with Gasteiger partial charge < -0.3 is 31.4 Å². The van der Waals surface area contributed by atoms with Gasteiger partial charge in [0.1, 0.15) is 0 Å². The van der Waals surface area contributed by atoms with E-state index in [4.69, 9.17) is 15.9 Å². The lowest BCUT2D eigenvalue weighted by Gasteiger charge is -2.27. The van der Waals surface area contributed by atoms with E-state index in [1.165, 1.54) is 17.4 Å². The van der Waals surface area contributed by atoms with Crippen molar-refractivity contribution in [3.8, 4) is 0 Å². The van der Waals surface area contributed by atoms with Crippen molar-refractivity contribution in [1.82, 2.24) is 15.5 Å². The molecule has 188 valence electrons. The lowest BCUT2D eigenvalue weighted by atomic mass is 10.1. The smallest absolute Gasteiger partial charge is 0.261 e. The molecule has 0 bridgehead atoms. The van der Waals surface area contributed by atoms with Crippen LogP contribution in [0.1, 0.15) is 62.7 Å². The summed E-state index contributed by atoms with van der Waals surface area (Å²) < 4.78 is 5.34. The molecule has 1 saturated heterocycles. The Morgan fingerprint density at radius 2 is 1.94 bits per heavy atom. The average molecular weight is 500 g/mol. The van der Waals surface area contributed by atoms with E-state index in [0.717, 1.165) is 29.5 Å². The van der Waals surface area contributed by atoms with Gasteiger partial charge in [0.2, 0.25) is 5.91 Å². The van der Waals surface area contributed by atoms with Gasteiger partial charge in [-0.15, -0.1) is 11.3 Å². The number of nitrogens with zero attached hydrogens (tertiary/aromatic N) is 1. The number of carbonyl (C=O) groups is 3. The van der Waals surface area contributed by atoms with Crippen LogP contribution in [0.4, 0.5) is 5.69 Å². The largest absolute Gasteiger partial charge is 0.398 e. The number of nitrogen functional groups attached to an aromatic ring is 1. The summed E-state index contributed by atoms with van der Waals surface area (Å²) in [4.78, 5) is 41.2. The Bertz CT molecular complexity index is 1080. The van der Waals surface area contributed by atoms with Crippen LogP contribution in [0.5, 0.6) is 0 Å². The van der Waals surface area contributed by atoms with Gasteiger partial charge in [-0.2, -0.15) is 0 Å². The highest BCUT2D eigenvalue weighted by atomic mass is 32.1. The summed E-state index contributed by atoms with van der Waals surface area (Å²) >= 11 is 1.49. The van der Waals surface area contributed by atoms with Crippen LogP contribution >= 0.6 is 11.3 Å². The van der Waals surface area contributed by atoms with Gasteiger partial charge in [-0.3, -0.25) is 14.4 Å². The van der Waals surface area contributed by atoms with Gasteiger partial charge in [0.05, 0.1) is 11.4 Å². The highest BCUT2D eigenvalue weighted by molar-refractivity contribution is 7.14.